The third-order valence-electron chi connectivity index (χ3n) is 4.02. The van der Waals surface area contributed by atoms with Crippen molar-refractivity contribution in [2.75, 3.05) is 38.3 Å². The van der Waals surface area contributed by atoms with Crippen molar-refractivity contribution >= 4 is 31.6 Å². The Bertz CT molecular complexity index is 813. The number of carbonyl (C=O) groups is 1. The zero-order valence-corrected chi connectivity index (χ0v) is 15.9. The molecule has 25 heavy (non-hydrogen) atoms. The lowest BCUT2D eigenvalue weighted by Gasteiger charge is -2.25. The Morgan fingerprint density at radius 1 is 1.08 bits per heavy atom. The molecule has 1 aromatic rings. The van der Waals surface area contributed by atoms with Gasteiger partial charge in [0.2, 0.25) is 26.0 Å². The summed E-state index contributed by atoms with van der Waals surface area (Å²) in [6.07, 6.45) is 3.78. The van der Waals surface area contributed by atoms with Gasteiger partial charge in [-0.1, -0.05) is 6.42 Å². The minimum atomic E-state index is -3.51. The average Bonchev–Trinajstić information content (AvgIpc) is 2.55. The quantitative estimate of drug-likeness (QED) is 0.771. The molecule has 1 aliphatic heterocycles. The minimum absolute atomic E-state index is 0.181. The second-order valence-electron chi connectivity index (χ2n) is 6.06. The second-order valence-corrected chi connectivity index (χ2v) is 10.1. The van der Waals surface area contributed by atoms with E-state index in [9.17, 15) is 21.6 Å². The number of sulfonamides is 2. The highest BCUT2D eigenvalue weighted by atomic mass is 32.2. The van der Waals surface area contributed by atoms with E-state index in [0.717, 1.165) is 29.8 Å². The number of piperidine rings is 1. The monoisotopic (exact) mass is 389 g/mol. The van der Waals surface area contributed by atoms with Crippen molar-refractivity contribution in [2.24, 2.45) is 0 Å². The summed E-state index contributed by atoms with van der Waals surface area (Å²) in [5.41, 5.74) is 0.407. The topological polar surface area (TPSA) is 104 Å². The lowest BCUT2D eigenvalue weighted by Crippen LogP contribution is -2.35. The Hall–Kier alpha value is -1.49. The van der Waals surface area contributed by atoms with Gasteiger partial charge in [-0.15, -0.1) is 0 Å². The Morgan fingerprint density at radius 2 is 1.64 bits per heavy atom. The van der Waals surface area contributed by atoms with Crippen LogP contribution in [0, 0.1) is 0 Å². The van der Waals surface area contributed by atoms with E-state index in [1.54, 1.807) is 0 Å². The zero-order chi connectivity index (χ0) is 18.7. The van der Waals surface area contributed by atoms with Gasteiger partial charge in [0, 0.05) is 25.8 Å². The molecule has 140 valence electrons. The van der Waals surface area contributed by atoms with Crippen LogP contribution >= 0.6 is 0 Å². The number of rotatable bonds is 6. The first kappa shape index (κ1) is 19.8. The summed E-state index contributed by atoms with van der Waals surface area (Å²) in [4.78, 5) is 12.0. The Morgan fingerprint density at radius 3 is 2.16 bits per heavy atom. The van der Waals surface area contributed by atoms with Crippen LogP contribution in [0.3, 0.4) is 0 Å². The van der Waals surface area contributed by atoms with Gasteiger partial charge < -0.3 is 5.32 Å². The first-order valence-electron chi connectivity index (χ1n) is 7.92. The Balaban J connectivity index is 2.03. The van der Waals surface area contributed by atoms with Crippen molar-refractivity contribution in [1.29, 1.82) is 0 Å². The van der Waals surface area contributed by atoms with Crippen LogP contribution in [0.4, 0.5) is 5.69 Å². The molecule has 1 heterocycles. The number of nitrogens with zero attached hydrogens (tertiary/aromatic N) is 2. The number of anilines is 1. The summed E-state index contributed by atoms with van der Waals surface area (Å²) in [6.45, 7) is 0.740. The molecular weight excluding hydrogens is 366 g/mol. The number of hydrogen-bond acceptors (Lipinski definition) is 5. The zero-order valence-electron chi connectivity index (χ0n) is 14.3. The molecule has 8 nitrogen and oxygen atoms in total. The van der Waals surface area contributed by atoms with Gasteiger partial charge in [-0.05, 0) is 37.1 Å². The third-order valence-corrected chi connectivity index (χ3v) is 7.20. The number of carbonyl (C=O) groups excluding carboxylic acids is 1. The molecule has 0 spiro atoms. The number of likely N-dealkylation sites (N-methyl/N-ethyl adjacent to an activating group) is 1. The summed E-state index contributed by atoms with van der Waals surface area (Å²) >= 11 is 0. The smallest absolute Gasteiger partial charge is 0.243 e. The van der Waals surface area contributed by atoms with Gasteiger partial charge in [-0.3, -0.25) is 4.79 Å². The molecule has 2 rings (SSSR count). The van der Waals surface area contributed by atoms with E-state index < -0.39 is 26.0 Å². The molecule has 0 bridgehead atoms. The van der Waals surface area contributed by atoms with Gasteiger partial charge in [-0.25, -0.2) is 16.8 Å². The minimum Gasteiger partial charge on any atom is -0.325 e. The molecule has 1 amide bonds. The van der Waals surface area contributed by atoms with Crippen LogP contribution < -0.4 is 5.32 Å². The fourth-order valence-electron chi connectivity index (χ4n) is 2.48. The van der Waals surface area contributed by atoms with Crippen LogP contribution in [0.5, 0.6) is 0 Å². The summed E-state index contributed by atoms with van der Waals surface area (Å²) in [5, 5.41) is 2.55. The van der Waals surface area contributed by atoms with Crippen molar-refractivity contribution in [2.45, 2.75) is 24.2 Å². The second kappa shape index (κ2) is 7.81. The predicted octanol–water partition coefficient (Wildman–Crippen LogP) is 0.691. The molecule has 0 radical (unpaired) electrons. The SMILES string of the molecule is CN(CC(=O)Nc1ccc(S(=O)(=O)N2CCCCC2)cc1)S(C)(=O)=O. The molecule has 1 saturated heterocycles. The highest BCUT2D eigenvalue weighted by Gasteiger charge is 2.25. The van der Waals surface area contributed by atoms with Gasteiger partial charge in [0.05, 0.1) is 17.7 Å². The van der Waals surface area contributed by atoms with Crippen molar-refractivity contribution in [3.05, 3.63) is 24.3 Å². The maximum atomic E-state index is 12.5. The van der Waals surface area contributed by atoms with E-state index in [4.69, 9.17) is 0 Å². The molecule has 1 aliphatic rings. The summed E-state index contributed by atoms with van der Waals surface area (Å²) in [7, 11) is -5.64. The largest absolute Gasteiger partial charge is 0.325 e. The van der Waals surface area contributed by atoms with Crippen molar-refractivity contribution in [3.8, 4) is 0 Å². The van der Waals surface area contributed by atoms with Crippen LogP contribution in [0.15, 0.2) is 29.2 Å². The molecule has 1 fully saturated rings. The predicted molar refractivity (Wildman–Crippen MR) is 95.2 cm³/mol. The van der Waals surface area contributed by atoms with E-state index in [-0.39, 0.29) is 11.4 Å². The highest BCUT2D eigenvalue weighted by Crippen LogP contribution is 2.21. The van der Waals surface area contributed by atoms with E-state index in [1.165, 1.54) is 35.6 Å². The summed E-state index contributed by atoms with van der Waals surface area (Å²) in [6, 6.07) is 5.88. The standard InChI is InChI=1S/C15H23N3O5S2/c1-17(24(2,20)21)12-15(19)16-13-6-8-14(9-7-13)25(22,23)18-10-4-3-5-11-18/h6-9H,3-5,10-12H2,1-2H3,(H,16,19). The van der Waals surface area contributed by atoms with Gasteiger partial charge in [0.15, 0.2) is 0 Å². The molecule has 0 aliphatic carbocycles. The fraction of sp³-hybridized carbons (Fsp3) is 0.533. The highest BCUT2D eigenvalue weighted by molar-refractivity contribution is 7.89. The summed E-state index contributed by atoms with van der Waals surface area (Å²) < 4.78 is 50.1. The van der Waals surface area contributed by atoms with Crippen LogP contribution in [0.25, 0.3) is 0 Å². The average molecular weight is 389 g/mol. The molecule has 0 atom stereocenters. The van der Waals surface area contributed by atoms with Gasteiger partial charge >= 0.3 is 0 Å². The molecule has 0 unspecified atom stereocenters. The molecule has 0 saturated carbocycles. The maximum Gasteiger partial charge on any atom is 0.243 e. The van der Waals surface area contributed by atoms with Gasteiger partial charge in [-0.2, -0.15) is 8.61 Å². The van der Waals surface area contributed by atoms with E-state index >= 15 is 0 Å². The number of nitrogens with one attached hydrogen (secondary N) is 1. The molecule has 10 heteroatoms. The molecule has 0 aromatic heterocycles. The number of amides is 1. The Kier molecular flexibility index (Phi) is 6.20. The lowest BCUT2D eigenvalue weighted by atomic mass is 10.2. The normalized spacial score (nSPS) is 16.8. The van der Waals surface area contributed by atoms with Crippen LogP contribution in [-0.4, -0.2) is 64.3 Å². The van der Waals surface area contributed by atoms with Crippen LogP contribution in [0.1, 0.15) is 19.3 Å². The molecule has 1 aromatic carbocycles. The van der Waals surface area contributed by atoms with Crippen LogP contribution in [-0.2, 0) is 24.8 Å². The van der Waals surface area contributed by atoms with Gasteiger partial charge in [0.25, 0.3) is 0 Å². The van der Waals surface area contributed by atoms with E-state index in [2.05, 4.69) is 5.32 Å². The first-order chi connectivity index (χ1) is 11.6. The Labute approximate surface area is 148 Å². The third kappa shape index (κ3) is 5.24. The molecular formula is C15H23N3O5S2. The maximum absolute atomic E-state index is 12.5. The van der Waals surface area contributed by atoms with E-state index in [1.807, 2.05) is 0 Å². The summed E-state index contributed by atoms with van der Waals surface area (Å²) in [5.74, 6) is -0.500. The fourth-order valence-corrected chi connectivity index (χ4v) is 4.35. The number of hydrogen-bond donors (Lipinski definition) is 1. The van der Waals surface area contributed by atoms with Gasteiger partial charge in [0.1, 0.15) is 0 Å². The van der Waals surface area contributed by atoms with E-state index in [0.29, 0.717) is 18.8 Å². The first-order valence-corrected chi connectivity index (χ1v) is 11.2. The lowest BCUT2D eigenvalue weighted by molar-refractivity contribution is -0.116. The van der Waals surface area contributed by atoms with Crippen molar-refractivity contribution in [1.82, 2.24) is 8.61 Å². The van der Waals surface area contributed by atoms with Crippen molar-refractivity contribution < 1.29 is 21.6 Å². The van der Waals surface area contributed by atoms with Crippen molar-refractivity contribution in [3.63, 3.8) is 0 Å². The molecule has 1 N–H and O–H groups in total. The number of benzene rings is 1. The van der Waals surface area contributed by atoms with Crippen LogP contribution in [0.2, 0.25) is 0 Å².